The molecule has 1 aromatic heterocycles. The maximum absolute atomic E-state index is 12.4. The fourth-order valence-corrected chi connectivity index (χ4v) is 4.38. The number of para-hydroxylation sites is 3. The van der Waals surface area contributed by atoms with Crippen molar-refractivity contribution in [3.8, 4) is 5.75 Å². The number of alkyl halides is 3. The molecule has 9 heteroatoms. The van der Waals surface area contributed by atoms with Crippen molar-refractivity contribution in [2.24, 2.45) is 0 Å². The van der Waals surface area contributed by atoms with Crippen molar-refractivity contribution in [2.75, 3.05) is 11.1 Å². The first-order valence-electron chi connectivity index (χ1n) is 8.04. The Labute approximate surface area is 161 Å². The number of aromatic nitrogens is 1. The quantitative estimate of drug-likeness (QED) is 0.399. The number of ether oxygens (including phenoxy) is 1. The van der Waals surface area contributed by atoms with Gasteiger partial charge in [-0.2, -0.15) is 0 Å². The van der Waals surface area contributed by atoms with Crippen LogP contribution in [0.4, 0.5) is 18.9 Å². The molecule has 0 saturated carbocycles. The van der Waals surface area contributed by atoms with Gasteiger partial charge in [0, 0.05) is 12.2 Å². The molecule has 0 atom stereocenters. The van der Waals surface area contributed by atoms with Gasteiger partial charge in [0.05, 0.1) is 15.9 Å². The van der Waals surface area contributed by atoms with Crippen LogP contribution in [-0.4, -0.2) is 23.0 Å². The van der Waals surface area contributed by atoms with E-state index in [2.05, 4.69) is 15.0 Å². The summed E-state index contributed by atoms with van der Waals surface area (Å²) in [7, 11) is 0. The van der Waals surface area contributed by atoms with Gasteiger partial charge in [-0.25, -0.2) is 4.98 Å². The molecular formula is C18H15F3N2O2S2. The van der Waals surface area contributed by atoms with Gasteiger partial charge >= 0.3 is 6.36 Å². The Kier molecular flexibility index (Phi) is 6.22. The molecule has 4 nitrogen and oxygen atoms in total. The van der Waals surface area contributed by atoms with Crippen LogP contribution in [-0.2, 0) is 4.79 Å². The summed E-state index contributed by atoms with van der Waals surface area (Å²) in [5, 5.41) is 2.47. The van der Waals surface area contributed by atoms with E-state index in [4.69, 9.17) is 0 Å². The summed E-state index contributed by atoms with van der Waals surface area (Å²) in [6.07, 6.45) is -4.04. The number of benzene rings is 2. The average Bonchev–Trinajstić information content (AvgIpc) is 3.02. The fraction of sp³-hybridized carbons (Fsp3) is 0.222. The zero-order chi connectivity index (χ0) is 19.3. The maximum Gasteiger partial charge on any atom is 0.573 e. The highest BCUT2D eigenvalue weighted by Gasteiger charge is 2.32. The third kappa shape index (κ3) is 5.86. The number of hydrogen-bond acceptors (Lipinski definition) is 5. The Morgan fingerprint density at radius 2 is 1.89 bits per heavy atom. The fourth-order valence-electron chi connectivity index (χ4n) is 2.30. The lowest BCUT2D eigenvalue weighted by Gasteiger charge is -2.13. The molecule has 1 N–H and O–H groups in total. The Morgan fingerprint density at radius 3 is 2.67 bits per heavy atom. The van der Waals surface area contributed by atoms with Gasteiger partial charge in [-0.15, -0.1) is 24.5 Å². The van der Waals surface area contributed by atoms with E-state index in [9.17, 15) is 18.0 Å². The predicted molar refractivity (Wildman–Crippen MR) is 101 cm³/mol. The molecule has 3 aromatic rings. The smallest absolute Gasteiger partial charge is 0.404 e. The third-order valence-corrected chi connectivity index (χ3v) is 5.70. The van der Waals surface area contributed by atoms with Gasteiger partial charge in [-0.1, -0.05) is 36.0 Å². The number of carbonyl (C=O) groups is 1. The summed E-state index contributed by atoms with van der Waals surface area (Å²) in [6.45, 7) is 0. The molecule has 142 valence electrons. The van der Waals surface area contributed by atoms with Gasteiger partial charge in [-0.05, 0) is 30.7 Å². The first-order valence-corrected chi connectivity index (χ1v) is 9.84. The summed E-state index contributed by atoms with van der Waals surface area (Å²) in [5.41, 5.74) is 0.947. The number of fused-ring (bicyclic) bond motifs is 1. The molecule has 0 aliphatic carbocycles. The van der Waals surface area contributed by atoms with Gasteiger partial charge in [0.1, 0.15) is 0 Å². The van der Waals surface area contributed by atoms with E-state index in [0.29, 0.717) is 12.2 Å². The van der Waals surface area contributed by atoms with Crippen molar-refractivity contribution < 1.29 is 22.7 Å². The first-order chi connectivity index (χ1) is 12.9. The molecule has 0 radical (unpaired) electrons. The van der Waals surface area contributed by atoms with E-state index in [-0.39, 0.29) is 18.0 Å². The van der Waals surface area contributed by atoms with Crippen molar-refractivity contribution in [3.05, 3.63) is 48.5 Å². The van der Waals surface area contributed by atoms with Crippen LogP contribution < -0.4 is 10.1 Å². The molecule has 1 amide bonds. The van der Waals surface area contributed by atoms with Crippen molar-refractivity contribution in [1.29, 1.82) is 0 Å². The minimum Gasteiger partial charge on any atom is -0.404 e. The molecular weight excluding hydrogens is 397 g/mol. The Hall–Kier alpha value is -2.26. The largest absolute Gasteiger partial charge is 0.573 e. The normalized spacial score (nSPS) is 11.5. The molecule has 0 spiro atoms. The van der Waals surface area contributed by atoms with E-state index in [1.165, 1.54) is 18.2 Å². The second-order valence-electron chi connectivity index (χ2n) is 5.49. The number of nitrogens with one attached hydrogen (secondary N) is 1. The Bertz CT molecular complexity index is 895. The van der Waals surface area contributed by atoms with E-state index in [1.807, 2.05) is 24.3 Å². The van der Waals surface area contributed by atoms with Crippen LogP contribution in [0.3, 0.4) is 0 Å². The molecule has 0 aliphatic heterocycles. The molecule has 0 aliphatic rings. The minimum atomic E-state index is -4.81. The maximum atomic E-state index is 12.4. The number of anilines is 1. The van der Waals surface area contributed by atoms with Crippen LogP contribution >= 0.6 is 23.1 Å². The second kappa shape index (κ2) is 8.62. The monoisotopic (exact) mass is 412 g/mol. The Morgan fingerprint density at radius 1 is 1.15 bits per heavy atom. The standard InChI is InChI=1S/C18H15F3N2O2S2/c19-18(20,21)25-14-8-3-1-6-12(14)22-16(24)10-5-11-26-17-23-13-7-2-4-9-15(13)27-17/h1-4,6-9H,5,10-11H2,(H,22,24). The average molecular weight is 412 g/mol. The lowest BCUT2D eigenvalue weighted by atomic mass is 10.2. The molecule has 2 aromatic carbocycles. The first kappa shape index (κ1) is 19.5. The van der Waals surface area contributed by atoms with Crippen molar-refractivity contribution >= 4 is 44.9 Å². The third-order valence-electron chi connectivity index (χ3n) is 3.43. The van der Waals surface area contributed by atoms with Crippen LogP contribution in [0.5, 0.6) is 5.75 Å². The van der Waals surface area contributed by atoms with Crippen LogP contribution in [0.25, 0.3) is 10.2 Å². The number of amides is 1. The predicted octanol–water partition coefficient (Wildman–Crippen LogP) is 5.71. The molecule has 0 saturated heterocycles. The van der Waals surface area contributed by atoms with Crippen LogP contribution in [0.15, 0.2) is 52.9 Å². The molecule has 3 rings (SSSR count). The summed E-state index contributed by atoms with van der Waals surface area (Å²) >= 11 is 3.15. The summed E-state index contributed by atoms with van der Waals surface area (Å²) < 4.78 is 43.2. The van der Waals surface area contributed by atoms with Crippen molar-refractivity contribution in [1.82, 2.24) is 4.98 Å². The highest BCUT2D eigenvalue weighted by molar-refractivity contribution is 8.01. The highest BCUT2D eigenvalue weighted by Crippen LogP contribution is 2.31. The van der Waals surface area contributed by atoms with Gasteiger partial charge in [0.2, 0.25) is 5.91 Å². The SMILES string of the molecule is O=C(CCCSc1nc2ccccc2s1)Nc1ccccc1OC(F)(F)F. The van der Waals surface area contributed by atoms with E-state index < -0.39 is 12.1 Å². The van der Waals surface area contributed by atoms with Gasteiger partial charge in [-0.3, -0.25) is 4.79 Å². The van der Waals surface area contributed by atoms with Crippen molar-refractivity contribution in [3.63, 3.8) is 0 Å². The number of nitrogens with zero attached hydrogens (tertiary/aromatic N) is 1. The molecule has 0 fully saturated rings. The number of halogens is 3. The highest BCUT2D eigenvalue weighted by atomic mass is 32.2. The lowest BCUT2D eigenvalue weighted by molar-refractivity contribution is -0.274. The minimum absolute atomic E-state index is 0.00125. The summed E-state index contributed by atoms with van der Waals surface area (Å²) in [4.78, 5) is 16.5. The van der Waals surface area contributed by atoms with E-state index in [1.54, 1.807) is 23.1 Å². The van der Waals surface area contributed by atoms with Gasteiger partial charge < -0.3 is 10.1 Å². The van der Waals surface area contributed by atoms with Gasteiger partial charge in [0.25, 0.3) is 0 Å². The lowest BCUT2D eigenvalue weighted by Crippen LogP contribution is -2.19. The van der Waals surface area contributed by atoms with E-state index in [0.717, 1.165) is 20.6 Å². The summed E-state index contributed by atoms with van der Waals surface area (Å²) in [5.74, 6) is -0.103. The van der Waals surface area contributed by atoms with Crippen LogP contribution in [0, 0.1) is 0 Å². The molecule has 0 bridgehead atoms. The number of hydrogen-bond donors (Lipinski definition) is 1. The second-order valence-corrected chi connectivity index (χ2v) is 7.86. The van der Waals surface area contributed by atoms with Gasteiger partial charge in [0.15, 0.2) is 10.1 Å². The molecule has 27 heavy (non-hydrogen) atoms. The topological polar surface area (TPSA) is 51.2 Å². The Balaban J connectivity index is 1.47. The number of thioether (sulfide) groups is 1. The summed E-state index contributed by atoms with van der Waals surface area (Å²) in [6, 6.07) is 13.3. The molecule has 1 heterocycles. The molecule has 0 unspecified atom stereocenters. The van der Waals surface area contributed by atoms with Crippen LogP contribution in [0.1, 0.15) is 12.8 Å². The van der Waals surface area contributed by atoms with Crippen LogP contribution in [0.2, 0.25) is 0 Å². The number of thiazole rings is 1. The zero-order valence-electron chi connectivity index (χ0n) is 14.0. The number of rotatable bonds is 7. The zero-order valence-corrected chi connectivity index (χ0v) is 15.6. The number of carbonyl (C=O) groups excluding carboxylic acids is 1. The van der Waals surface area contributed by atoms with E-state index >= 15 is 0 Å². The van der Waals surface area contributed by atoms with Crippen molar-refractivity contribution in [2.45, 2.75) is 23.5 Å².